The lowest BCUT2D eigenvalue weighted by molar-refractivity contribution is -0.134. The van der Waals surface area contributed by atoms with Gasteiger partial charge in [-0.1, -0.05) is 19.1 Å². The molecule has 0 bridgehead atoms. The Morgan fingerprint density at radius 3 is 2.32 bits per heavy atom. The third-order valence-electron chi connectivity index (χ3n) is 12.1. The molecule has 19 heteroatoms. The van der Waals surface area contributed by atoms with Crippen LogP contribution in [0.15, 0.2) is 73.2 Å². The third kappa shape index (κ3) is 9.40. The largest absolute Gasteiger partial charge is 0.374 e. The van der Waals surface area contributed by atoms with E-state index in [-0.39, 0.29) is 29.8 Å². The van der Waals surface area contributed by atoms with Crippen LogP contribution in [0.4, 0.5) is 26.0 Å². The van der Waals surface area contributed by atoms with Gasteiger partial charge < -0.3 is 20.1 Å². The highest BCUT2D eigenvalue weighted by atomic mass is 32.2. The van der Waals surface area contributed by atoms with Gasteiger partial charge in [0.25, 0.3) is 0 Å². The molecule has 3 fully saturated rings. The standard InChI is InChI=1S/C44H48F2N10O6S/c1-3-53(2)63(61,62)52-35-10-9-34(45)40(41(35)46)42(59)33-25-49-43-32(33)22-30(24-48-43)29-6-12-37(47-23-29)55-18-20-56(21-19-55)39(58)26-54-16-14-28(15-17-54)27-4-7-31(8-5-27)50-36-11-13-38(57)51-44(36)60/h4-10,12,22-25,28,36,50,52H,3,11,13-21,26H2,1-2H3,(H,48,49)(H,51,57,60). The average molecular weight is 883 g/mol. The molecule has 3 amide bonds. The number of piperidine rings is 2. The smallest absolute Gasteiger partial charge is 0.301 e. The quantitative estimate of drug-likeness (QED) is 0.0963. The van der Waals surface area contributed by atoms with Crippen LogP contribution >= 0.6 is 0 Å². The number of benzene rings is 2. The van der Waals surface area contributed by atoms with E-state index >= 15 is 8.78 Å². The van der Waals surface area contributed by atoms with Crippen LogP contribution in [-0.4, -0.2) is 126 Å². The number of amides is 3. The number of piperazine rings is 1. The van der Waals surface area contributed by atoms with Crippen LogP contribution in [0, 0.1) is 11.6 Å². The number of hydrogen-bond acceptors (Lipinski definition) is 11. The normalized spacial score (nSPS) is 17.9. The van der Waals surface area contributed by atoms with Crippen LogP contribution < -0.4 is 20.3 Å². The van der Waals surface area contributed by atoms with Gasteiger partial charge in [-0.2, -0.15) is 12.7 Å². The SMILES string of the molecule is CCN(C)S(=O)(=O)Nc1ccc(F)c(C(=O)c2c[nH]c3ncc(-c4ccc(N5CCN(C(=O)CN6CCC(c7ccc(NC8CCC(=O)NC8=O)cc7)CC6)CC5)nc4)cc23)c1F. The van der Waals surface area contributed by atoms with Crippen LogP contribution in [0.1, 0.15) is 60.0 Å². The molecule has 6 heterocycles. The Bertz CT molecular complexity index is 2650. The summed E-state index contributed by atoms with van der Waals surface area (Å²) in [6.45, 7) is 6.06. The first kappa shape index (κ1) is 43.3. The summed E-state index contributed by atoms with van der Waals surface area (Å²) in [6.07, 6.45) is 7.27. The molecular weight excluding hydrogens is 835 g/mol. The van der Waals surface area contributed by atoms with E-state index < -0.39 is 44.9 Å². The molecule has 5 aromatic rings. The average Bonchev–Trinajstić information content (AvgIpc) is 3.72. The molecule has 3 aromatic heterocycles. The maximum absolute atomic E-state index is 15.6. The molecule has 0 radical (unpaired) electrons. The van der Waals surface area contributed by atoms with Crippen molar-refractivity contribution >= 4 is 61.9 Å². The zero-order chi connectivity index (χ0) is 44.4. The molecule has 0 spiro atoms. The molecule has 1 atom stereocenters. The number of nitrogens with zero attached hydrogens (tertiary/aromatic N) is 6. The van der Waals surface area contributed by atoms with Crippen molar-refractivity contribution in [1.29, 1.82) is 0 Å². The molecule has 3 aliphatic heterocycles. The van der Waals surface area contributed by atoms with Gasteiger partial charge in [0.2, 0.25) is 23.5 Å². The van der Waals surface area contributed by atoms with Crippen molar-refractivity contribution < 1.29 is 36.4 Å². The van der Waals surface area contributed by atoms with Gasteiger partial charge in [0.1, 0.15) is 23.3 Å². The van der Waals surface area contributed by atoms with E-state index in [0.717, 1.165) is 53.9 Å². The van der Waals surface area contributed by atoms with Gasteiger partial charge in [-0.15, -0.1) is 0 Å². The molecule has 0 saturated carbocycles. The summed E-state index contributed by atoms with van der Waals surface area (Å²) < 4.78 is 58.8. The molecule has 8 rings (SSSR count). The number of H-pyrrole nitrogens is 1. The van der Waals surface area contributed by atoms with Gasteiger partial charge >= 0.3 is 10.2 Å². The van der Waals surface area contributed by atoms with E-state index in [1.807, 2.05) is 29.2 Å². The molecule has 0 aliphatic carbocycles. The molecule has 3 saturated heterocycles. The van der Waals surface area contributed by atoms with Crippen molar-refractivity contribution in [2.75, 3.05) is 74.3 Å². The van der Waals surface area contributed by atoms with Gasteiger partial charge in [-0.05, 0) is 86.3 Å². The van der Waals surface area contributed by atoms with E-state index in [0.29, 0.717) is 73.6 Å². The van der Waals surface area contributed by atoms with Gasteiger partial charge in [0.15, 0.2) is 5.82 Å². The first-order valence-corrected chi connectivity index (χ1v) is 22.4. The summed E-state index contributed by atoms with van der Waals surface area (Å²) in [6, 6.07) is 14.9. The second-order valence-corrected chi connectivity index (χ2v) is 17.8. The van der Waals surface area contributed by atoms with Crippen molar-refractivity contribution in [3.8, 4) is 11.1 Å². The van der Waals surface area contributed by atoms with Crippen LogP contribution in [0.5, 0.6) is 0 Å². The zero-order valence-electron chi connectivity index (χ0n) is 34.9. The highest BCUT2D eigenvalue weighted by molar-refractivity contribution is 7.90. The van der Waals surface area contributed by atoms with Crippen molar-refractivity contribution in [3.63, 3.8) is 0 Å². The number of anilines is 3. The lowest BCUT2D eigenvalue weighted by Gasteiger charge is -2.37. The number of carbonyl (C=O) groups is 4. The molecule has 4 N–H and O–H groups in total. The fourth-order valence-corrected chi connectivity index (χ4v) is 9.17. The van der Waals surface area contributed by atoms with Gasteiger partial charge in [0.05, 0.1) is 17.8 Å². The fourth-order valence-electron chi connectivity index (χ4n) is 8.24. The van der Waals surface area contributed by atoms with E-state index in [1.165, 1.54) is 18.8 Å². The Morgan fingerprint density at radius 2 is 1.63 bits per heavy atom. The van der Waals surface area contributed by atoms with Crippen molar-refractivity contribution in [3.05, 3.63) is 102 Å². The third-order valence-corrected chi connectivity index (χ3v) is 13.7. The van der Waals surface area contributed by atoms with Crippen molar-refractivity contribution in [2.45, 2.75) is 44.6 Å². The Hall–Kier alpha value is -6.31. The molecule has 330 valence electrons. The van der Waals surface area contributed by atoms with E-state index in [9.17, 15) is 27.6 Å². The molecule has 63 heavy (non-hydrogen) atoms. The lowest BCUT2D eigenvalue weighted by Crippen LogP contribution is -2.52. The topological polar surface area (TPSA) is 193 Å². The number of fused-ring (bicyclic) bond motifs is 1. The zero-order valence-corrected chi connectivity index (χ0v) is 35.7. The summed E-state index contributed by atoms with van der Waals surface area (Å²) in [5.74, 6) is -2.77. The Balaban J connectivity index is 0.834. The second-order valence-electron chi connectivity index (χ2n) is 16.1. The van der Waals surface area contributed by atoms with Crippen LogP contribution in [0.3, 0.4) is 0 Å². The minimum atomic E-state index is -4.15. The summed E-state index contributed by atoms with van der Waals surface area (Å²) in [5.41, 5.74) is 2.17. The number of likely N-dealkylation sites (tertiary alicyclic amines) is 1. The number of ketones is 1. The summed E-state index contributed by atoms with van der Waals surface area (Å²) >= 11 is 0. The molecule has 3 aliphatic rings. The van der Waals surface area contributed by atoms with E-state index in [2.05, 4.69) is 52.2 Å². The van der Waals surface area contributed by atoms with Crippen LogP contribution in [0.25, 0.3) is 22.2 Å². The maximum atomic E-state index is 15.6. The van der Waals surface area contributed by atoms with E-state index in [1.54, 1.807) is 25.4 Å². The Morgan fingerprint density at radius 1 is 0.905 bits per heavy atom. The summed E-state index contributed by atoms with van der Waals surface area (Å²) in [7, 11) is -2.85. The summed E-state index contributed by atoms with van der Waals surface area (Å²) in [5, 5.41) is 5.91. The first-order valence-electron chi connectivity index (χ1n) is 20.9. The summed E-state index contributed by atoms with van der Waals surface area (Å²) in [4.78, 5) is 68.8. The molecule has 2 aromatic carbocycles. The number of nitrogens with one attached hydrogen (secondary N) is 4. The van der Waals surface area contributed by atoms with Gasteiger partial charge in [0, 0.05) is 92.5 Å². The Kier molecular flexibility index (Phi) is 12.5. The Labute approximate surface area is 363 Å². The highest BCUT2D eigenvalue weighted by Crippen LogP contribution is 2.32. The number of halogens is 2. The predicted octanol–water partition coefficient (Wildman–Crippen LogP) is 4.49. The highest BCUT2D eigenvalue weighted by Gasteiger charge is 2.30. The molecule has 1 unspecified atom stereocenters. The van der Waals surface area contributed by atoms with Crippen LogP contribution in [0.2, 0.25) is 0 Å². The molecular formula is C44H48F2N10O6S. The number of hydrogen-bond donors (Lipinski definition) is 4. The number of carbonyl (C=O) groups excluding carboxylic acids is 4. The lowest BCUT2D eigenvalue weighted by atomic mass is 9.89. The van der Waals surface area contributed by atoms with Crippen molar-refractivity contribution in [2.24, 2.45) is 0 Å². The minimum Gasteiger partial charge on any atom is -0.374 e. The van der Waals surface area contributed by atoms with E-state index in [4.69, 9.17) is 0 Å². The number of aromatic nitrogens is 3. The number of rotatable bonds is 13. The van der Waals surface area contributed by atoms with Gasteiger partial charge in [-0.25, -0.2) is 18.7 Å². The fraction of sp³-hybridized carbons (Fsp3) is 0.364. The molecule has 16 nitrogen and oxygen atoms in total. The second kappa shape index (κ2) is 18.2. The number of imide groups is 1. The number of pyridine rings is 2. The van der Waals surface area contributed by atoms with Gasteiger partial charge in [-0.3, -0.25) is 34.1 Å². The number of aromatic amines is 1. The monoisotopic (exact) mass is 882 g/mol. The van der Waals surface area contributed by atoms with Crippen molar-refractivity contribution in [1.82, 2.24) is 34.4 Å². The van der Waals surface area contributed by atoms with Crippen LogP contribution in [-0.2, 0) is 24.6 Å². The first-order chi connectivity index (χ1) is 30.3. The predicted molar refractivity (Wildman–Crippen MR) is 233 cm³/mol. The maximum Gasteiger partial charge on any atom is 0.301 e. The minimum absolute atomic E-state index is 0.0467.